The van der Waals surface area contributed by atoms with Gasteiger partial charge in [0.15, 0.2) is 5.60 Å². The van der Waals surface area contributed by atoms with Gasteiger partial charge in [-0.05, 0) is 7.05 Å². The lowest BCUT2D eigenvalue weighted by Crippen LogP contribution is -2.42. The number of carboxylic acid groups (broad SMARTS) is 1. The van der Waals surface area contributed by atoms with Gasteiger partial charge in [-0.3, -0.25) is 0 Å². The summed E-state index contributed by atoms with van der Waals surface area (Å²) in [4.78, 5) is 12.7. The van der Waals surface area contributed by atoms with E-state index in [1.54, 1.807) is 0 Å². The number of ether oxygens (including phenoxy) is 1. The number of hydrogen-bond donors (Lipinski definition) is 1. The second kappa shape index (κ2) is 2.79. The molecule has 1 aliphatic heterocycles. The van der Waals surface area contributed by atoms with Gasteiger partial charge in [-0.1, -0.05) is 0 Å². The molecule has 0 spiro atoms. The lowest BCUT2D eigenvalue weighted by Gasteiger charge is -2.21. The minimum absolute atomic E-state index is 0.485. The lowest BCUT2D eigenvalue weighted by atomic mass is 10.0. The molecule has 0 saturated carbocycles. The molecule has 4 heteroatoms. The Morgan fingerprint density at radius 3 is 2.55 bits per heavy atom. The van der Waals surface area contributed by atoms with E-state index in [9.17, 15) is 4.79 Å². The van der Waals surface area contributed by atoms with E-state index in [0.29, 0.717) is 13.0 Å². The van der Waals surface area contributed by atoms with Crippen molar-refractivity contribution in [2.24, 2.45) is 0 Å². The zero-order valence-corrected chi connectivity index (χ0v) is 6.83. The van der Waals surface area contributed by atoms with Gasteiger partial charge >= 0.3 is 5.97 Å². The molecule has 1 rings (SSSR count). The molecule has 1 N–H and O–H groups in total. The Labute approximate surface area is 65.8 Å². The van der Waals surface area contributed by atoms with Crippen molar-refractivity contribution in [1.29, 1.82) is 0 Å². The predicted molar refractivity (Wildman–Crippen MR) is 39.5 cm³/mol. The summed E-state index contributed by atoms with van der Waals surface area (Å²) in [6.45, 7) is 1.28. The van der Waals surface area contributed by atoms with Gasteiger partial charge in [0.2, 0.25) is 0 Å². The second-order valence-corrected chi connectivity index (χ2v) is 2.99. The first kappa shape index (κ1) is 8.49. The summed E-state index contributed by atoms with van der Waals surface area (Å²) in [5, 5.41) is 8.83. The molecule has 4 nitrogen and oxygen atoms in total. The van der Waals surface area contributed by atoms with Crippen LogP contribution in [0.15, 0.2) is 0 Å². The molecule has 0 aliphatic carbocycles. The van der Waals surface area contributed by atoms with Gasteiger partial charge in [-0.2, -0.15) is 0 Å². The van der Waals surface area contributed by atoms with E-state index in [2.05, 4.69) is 0 Å². The van der Waals surface area contributed by atoms with Gasteiger partial charge in [-0.25, -0.2) is 4.79 Å². The second-order valence-electron chi connectivity index (χ2n) is 2.99. The van der Waals surface area contributed by atoms with Crippen LogP contribution in [0.2, 0.25) is 0 Å². The van der Waals surface area contributed by atoms with Gasteiger partial charge in [-0.15, -0.1) is 0 Å². The number of methoxy groups -OCH3 is 1. The fourth-order valence-corrected chi connectivity index (χ4v) is 1.39. The minimum Gasteiger partial charge on any atom is -0.479 e. The van der Waals surface area contributed by atoms with Crippen LogP contribution in [0.25, 0.3) is 0 Å². The molecular formula is C7H13NO3. The van der Waals surface area contributed by atoms with Gasteiger partial charge < -0.3 is 14.7 Å². The molecule has 0 radical (unpaired) electrons. The fourth-order valence-electron chi connectivity index (χ4n) is 1.39. The minimum atomic E-state index is -0.950. The molecule has 0 aromatic rings. The predicted octanol–water partition coefficient (Wildman–Crippen LogP) is -0.208. The van der Waals surface area contributed by atoms with Crippen molar-refractivity contribution < 1.29 is 14.6 Å². The van der Waals surface area contributed by atoms with Gasteiger partial charge in [0.25, 0.3) is 0 Å². The monoisotopic (exact) mass is 159 g/mol. The number of hydrogen-bond acceptors (Lipinski definition) is 3. The SMILES string of the molecule is COC1(C(=O)O)CCN(C)C1. The highest BCUT2D eigenvalue weighted by Gasteiger charge is 2.43. The summed E-state index contributed by atoms with van der Waals surface area (Å²) in [5.41, 5.74) is -0.950. The van der Waals surface area contributed by atoms with Crippen molar-refractivity contribution >= 4 is 5.97 Å². The van der Waals surface area contributed by atoms with E-state index in [0.717, 1.165) is 6.54 Å². The van der Waals surface area contributed by atoms with Crippen molar-refractivity contribution in [2.45, 2.75) is 12.0 Å². The van der Waals surface area contributed by atoms with Crippen molar-refractivity contribution in [3.05, 3.63) is 0 Å². The van der Waals surface area contributed by atoms with Crippen molar-refractivity contribution in [3.8, 4) is 0 Å². The number of likely N-dealkylation sites (tertiary alicyclic amines) is 1. The molecule has 0 bridgehead atoms. The molecule has 1 unspecified atom stereocenters. The highest BCUT2D eigenvalue weighted by atomic mass is 16.5. The van der Waals surface area contributed by atoms with Crippen molar-refractivity contribution in [1.82, 2.24) is 4.90 Å². The molecule has 64 valence electrons. The van der Waals surface area contributed by atoms with Crippen LogP contribution in [0.1, 0.15) is 6.42 Å². The maximum absolute atomic E-state index is 10.7. The Bertz CT molecular complexity index is 171. The molecule has 1 fully saturated rings. The summed E-state index contributed by atoms with van der Waals surface area (Å²) in [6.07, 6.45) is 0.579. The quantitative estimate of drug-likeness (QED) is 0.605. The van der Waals surface area contributed by atoms with E-state index >= 15 is 0 Å². The zero-order valence-electron chi connectivity index (χ0n) is 6.83. The van der Waals surface area contributed by atoms with Crippen LogP contribution < -0.4 is 0 Å². The first-order valence-corrected chi connectivity index (χ1v) is 3.58. The molecule has 1 atom stereocenters. The molecular weight excluding hydrogens is 146 g/mol. The Morgan fingerprint density at radius 2 is 2.36 bits per heavy atom. The van der Waals surface area contributed by atoms with Crippen LogP contribution in [0.5, 0.6) is 0 Å². The molecule has 11 heavy (non-hydrogen) atoms. The number of carboxylic acids is 1. The Balaban J connectivity index is 2.70. The molecule has 1 heterocycles. The van der Waals surface area contributed by atoms with Crippen LogP contribution in [0.4, 0.5) is 0 Å². The summed E-state index contributed by atoms with van der Waals surface area (Å²) < 4.78 is 4.99. The number of rotatable bonds is 2. The maximum atomic E-state index is 10.7. The van der Waals surface area contributed by atoms with Crippen LogP contribution in [-0.4, -0.2) is 48.8 Å². The highest BCUT2D eigenvalue weighted by Crippen LogP contribution is 2.23. The zero-order chi connectivity index (χ0) is 8.48. The van der Waals surface area contributed by atoms with Gasteiger partial charge in [0.05, 0.1) is 0 Å². The number of aliphatic carboxylic acids is 1. The average molecular weight is 159 g/mol. The first-order chi connectivity index (χ1) is 5.10. The van der Waals surface area contributed by atoms with Gasteiger partial charge in [0.1, 0.15) is 0 Å². The van der Waals surface area contributed by atoms with Crippen LogP contribution in [-0.2, 0) is 9.53 Å². The largest absolute Gasteiger partial charge is 0.479 e. The normalized spacial score (nSPS) is 32.5. The van der Waals surface area contributed by atoms with Crippen LogP contribution in [0.3, 0.4) is 0 Å². The van der Waals surface area contributed by atoms with Crippen LogP contribution >= 0.6 is 0 Å². The van der Waals surface area contributed by atoms with E-state index in [-0.39, 0.29) is 0 Å². The van der Waals surface area contributed by atoms with E-state index < -0.39 is 11.6 Å². The van der Waals surface area contributed by atoms with E-state index in [1.165, 1.54) is 7.11 Å². The molecule has 0 aromatic heterocycles. The standard InChI is InChI=1S/C7H13NO3/c1-8-4-3-7(5-8,11-2)6(9)10/h3-5H2,1-2H3,(H,9,10). The third kappa shape index (κ3) is 1.36. The molecule has 1 aliphatic rings. The highest BCUT2D eigenvalue weighted by molar-refractivity contribution is 5.78. The lowest BCUT2D eigenvalue weighted by molar-refractivity contribution is -0.160. The van der Waals surface area contributed by atoms with E-state index in [1.807, 2.05) is 11.9 Å². The molecule has 1 saturated heterocycles. The average Bonchev–Trinajstić information content (AvgIpc) is 2.33. The Hall–Kier alpha value is -0.610. The van der Waals surface area contributed by atoms with E-state index in [4.69, 9.17) is 9.84 Å². The Kier molecular flexibility index (Phi) is 2.15. The smallest absolute Gasteiger partial charge is 0.337 e. The summed E-state index contributed by atoms with van der Waals surface area (Å²) in [7, 11) is 3.34. The maximum Gasteiger partial charge on any atom is 0.337 e. The third-order valence-corrected chi connectivity index (χ3v) is 2.20. The summed E-state index contributed by atoms with van der Waals surface area (Å²) >= 11 is 0. The molecule has 0 aromatic carbocycles. The molecule has 0 amide bonds. The first-order valence-electron chi connectivity index (χ1n) is 3.58. The summed E-state index contributed by atoms with van der Waals surface area (Å²) in [5.74, 6) is -0.857. The van der Waals surface area contributed by atoms with Crippen molar-refractivity contribution in [3.63, 3.8) is 0 Å². The topological polar surface area (TPSA) is 49.8 Å². The van der Waals surface area contributed by atoms with Crippen molar-refractivity contribution in [2.75, 3.05) is 27.2 Å². The number of likely N-dealkylation sites (N-methyl/N-ethyl adjacent to an activating group) is 1. The third-order valence-electron chi connectivity index (χ3n) is 2.20. The Morgan fingerprint density at radius 1 is 1.73 bits per heavy atom. The van der Waals surface area contributed by atoms with Gasteiger partial charge in [0, 0.05) is 26.6 Å². The van der Waals surface area contributed by atoms with Crippen LogP contribution in [0, 0.1) is 0 Å². The number of carbonyl (C=O) groups is 1. The number of nitrogens with zero attached hydrogens (tertiary/aromatic N) is 1. The fraction of sp³-hybridized carbons (Fsp3) is 0.857. The summed E-state index contributed by atoms with van der Waals surface area (Å²) in [6, 6.07) is 0.